The van der Waals surface area contributed by atoms with Gasteiger partial charge in [-0.1, -0.05) is 24.0 Å². The summed E-state index contributed by atoms with van der Waals surface area (Å²) in [6.07, 6.45) is 1.96. The van der Waals surface area contributed by atoms with Crippen LogP contribution in [-0.4, -0.2) is 31.2 Å². The molecule has 2 rings (SSSR count). The molecule has 0 unspecified atom stereocenters. The van der Waals surface area contributed by atoms with Crippen LogP contribution in [-0.2, 0) is 11.2 Å². The maximum Gasteiger partial charge on any atom is 0.225 e. The number of pyridine rings is 1. The number of ether oxygens (including phenoxy) is 2. The Kier molecular flexibility index (Phi) is 6.66. The van der Waals surface area contributed by atoms with Crippen LogP contribution in [0.5, 0.6) is 11.5 Å². The van der Waals surface area contributed by atoms with Crippen molar-refractivity contribution in [3.63, 3.8) is 0 Å². The van der Waals surface area contributed by atoms with Gasteiger partial charge in [0.15, 0.2) is 0 Å². The smallest absolute Gasteiger partial charge is 0.225 e. The number of aromatic nitrogens is 1. The van der Waals surface area contributed by atoms with Crippen LogP contribution in [0.1, 0.15) is 11.3 Å². The summed E-state index contributed by atoms with van der Waals surface area (Å²) >= 11 is 0. The van der Waals surface area contributed by atoms with Gasteiger partial charge < -0.3 is 14.8 Å². The van der Waals surface area contributed by atoms with E-state index in [1.54, 1.807) is 13.3 Å². The predicted molar refractivity (Wildman–Crippen MR) is 92.0 cm³/mol. The van der Waals surface area contributed by atoms with Crippen LogP contribution in [0.4, 0.5) is 0 Å². The van der Waals surface area contributed by atoms with E-state index < -0.39 is 0 Å². The zero-order valence-corrected chi connectivity index (χ0v) is 13.8. The van der Waals surface area contributed by atoms with Crippen molar-refractivity contribution < 1.29 is 14.3 Å². The topological polar surface area (TPSA) is 60.5 Å². The molecule has 0 radical (unpaired) electrons. The first-order chi connectivity index (χ1) is 11.7. The number of hydrogen-bond acceptors (Lipinski definition) is 4. The highest BCUT2D eigenvalue weighted by Gasteiger charge is 2.03. The third kappa shape index (κ3) is 6.01. The number of methoxy groups -OCH3 is 1. The van der Waals surface area contributed by atoms with Crippen LogP contribution in [0.2, 0.25) is 0 Å². The van der Waals surface area contributed by atoms with Gasteiger partial charge in [-0.15, -0.1) is 0 Å². The van der Waals surface area contributed by atoms with E-state index in [1.807, 2.05) is 43.3 Å². The minimum absolute atomic E-state index is 0.0822. The molecule has 0 aliphatic heterocycles. The maximum absolute atomic E-state index is 11.8. The Morgan fingerprint density at radius 3 is 2.83 bits per heavy atom. The van der Waals surface area contributed by atoms with Crippen LogP contribution < -0.4 is 14.8 Å². The van der Waals surface area contributed by atoms with Crippen LogP contribution >= 0.6 is 0 Å². The van der Waals surface area contributed by atoms with Gasteiger partial charge in [0.05, 0.1) is 26.3 Å². The molecule has 0 saturated heterocycles. The van der Waals surface area contributed by atoms with E-state index in [4.69, 9.17) is 9.47 Å². The number of hydrogen-bond donors (Lipinski definition) is 1. The molecular weight excluding hydrogens is 304 g/mol. The molecule has 2 aromatic rings. The molecule has 24 heavy (non-hydrogen) atoms. The lowest BCUT2D eigenvalue weighted by Gasteiger charge is -2.04. The van der Waals surface area contributed by atoms with Crippen LogP contribution in [0, 0.1) is 18.8 Å². The molecular formula is C19H20N2O3. The van der Waals surface area contributed by atoms with Gasteiger partial charge in [0.2, 0.25) is 5.91 Å². The Hall–Kier alpha value is -3.00. The van der Waals surface area contributed by atoms with Gasteiger partial charge in [-0.3, -0.25) is 9.78 Å². The molecule has 0 fully saturated rings. The second-order valence-electron chi connectivity index (χ2n) is 5.08. The maximum atomic E-state index is 11.8. The second kappa shape index (κ2) is 9.21. The molecule has 5 heteroatoms. The van der Waals surface area contributed by atoms with Gasteiger partial charge in [-0.05, 0) is 36.8 Å². The lowest BCUT2D eigenvalue weighted by Crippen LogP contribution is -2.25. The molecule has 0 bridgehead atoms. The highest BCUT2D eigenvalue weighted by Crippen LogP contribution is 2.12. The first-order valence-corrected chi connectivity index (χ1v) is 7.58. The molecule has 124 valence electrons. The molecule has 1 amide bonds. The highest BCUT2D eigenvalue weighted by molar-refractivity contribution is 5.78. The van der Waals surface area contributed by atoms with E-state index in [9.17, 15) is 4.79 Å². The van der Waals surface area contributed by atoms with Crippen molar-refractivity contribution in [3.8, 4) is 23.3 Å². The number of carbonyl (C=O) groups is 1. The fourth-order valence-electron chi connectivity index (χ4n) is 1.95. The third-order valence-corrected chi connectivity index (χ3v) is 3.19. The SMILES string of the molecule is COc1cccc(CC(=O)NCC#CCOc2ccc(C)nc2)c1. The molecule has 1 aromatic carbocycles. The number of nitrogens with one attached hydrogen (secondary N) is 1. The summed E-state index contributed by atoms with van der Waals surface area (Å²) < 4.78 is 10.6. The van der Waals surface area contributed by atoms with E-state index in [1.165, 1.54) is 0 Å². The van der Waals surface area contributed by atoms with Crippen molar-refractivity contribution in [3.05, 3.63) is 53.9 Å². The molecule has 0 aliphatic carbocycles. The Morgan fingerprint density at radius 1 is 1.21 bits per heavy atom. The van der Waals surface area contributed by atoms with Gasteiger partial charge in [0.25, 0.3) is 0 Å². The summed E-state index contributed by atoms with van der Waals surface area (Å²) in [4.78, 5) is 16.0. The number of benzene rings is 1. The van der Waals surface area contributed by atoms with E-state index in [0.717, 1.165) is 17.0 Å². The van der Waals surface area contributed by atoms with Gasteiger partial charge in [-0.2, -0.15) is 0 Å². The van der Waals surface area contributed by atoms with Crippen molar-refractivity contribution in [1.29, 1.82) is 0 Å². The Labute approximate surface area is 142 Å². The van der Waals surface area contributed by atoms with Crippen molar-refractivity contribution >= 4 is 5.91 Å². The Morgan fingerprint density at radius 2 is 2.08 bits per heavy atom. The standard InChI is InChI=1S/C19H20N2O3/c1-15-8-9-18(14-21-15)24-11-4-3-10-20-19(22)13-16-6-5-7-17(12-16)23-2/h5-9,12,14H,10-11,13H2,1-2H3,(H,20,22). The third-order valence-electron chi connectivity index (χ3n) is 3.19. The second-order valence-corrected chi connectivity index (χ2v) is 5.08. The first kappa shape index (κ1) is 17.4. The number of amides is 1. The minimum atomic E-state index is -0.0822. The number of aryl methyl sites for hydroxylation is 1. The number of carbonyl (C=O) groups excluding carboxylic acids is 1. The van der Waals surface area contributed by atoms with Crippen molar-refractivity contribution in [1.82, 2.24) is 10.3 Å². The summed E-state index contributed by atoms with van der Waals surface area (Å²) in [6, 6.07) is 11.2. The number of rotatable bonds is 6. The molecule has 1 heterocycles. The van der Waals surface area contributed by atoms with Crippen molar-refractivity contribution in [2.75, 3.05) is 20.3 Å². The van der Waals surface area contributed by atoms with E-state index in [0.29, 0.717) is 12.2 Å². The van der Waals surface area contributed by atoms with Crippen LogP contribution in [0.15, 0.2) is 42.6 Å². The molecule has 0 atom stereocenters. The molecule has 0 aliphatic rings. The largest absolute Gasteiger partial charge is 0.497 e. The summed E-state index contributed by atoms with van der Waals surface area (Å²) in [5, 5.41) is 2.75. The summed E-state index contributed by atoms with van der Waals surface area (Å²) in [5.74, 6) is 7.04. The fraction of sp³-hybridized carbons (Fsp3) is 0.263. The molecule has 0 saturated carbocycles. The zero-order chi connectivity index (χ0) is 17.2. The number of nitrogens with zero attached hydrogens (tertiary/aromatic N) is 1. The van der Waals surface area contributed by atoms with Crippen molar-refractivity contribution in [2.45, 2.75) is 13.3 Å². The van der Waals surface area contributed by atoms with E-state index in [2.05, 4.69) is 22.1 Å². The average molecular weight is 324 g/mol. The van der Waals surface area contributed by atoms with Gasteiger partial charge in [0, 0.05) is 5.69 Å². The quantitative estimate of drug-likeness (QED) is 0.827. The normalized spacial score (nSPS) is 9.58. The predicted octanol–water partition coefficient (Wildman–Crippen LogP) is 2.14. The van der Waals surface area contributed by atoms with Gasteiger partial charge >= 0.3 is 0 Å². The summed E-state index contributed by atoms with van der Waals surface area (Å²) in [7, 11) is 1.60. The highest BCUT2D eigenvalue weighted by atomic mass is 16.5. The minimum Gasteiger partial charge on any atom is -0.497 e. The zero-order valence-electron chi connectivity index (χ0n) is 13.8. The molecule has 1 aromatic heterocycles. The van der Waals surface area contributed by atoms with Crippen LogP contribution in [0.3, 0.4) is 0 Å². The molecule has 1 N–H and O–H groups in total. The Bertz CT molecular complexity index is 730. The Balaban J connectivity index is 1.68. The lowest BCUT2D eigenvalue weighted by molar-refractivity contribution is -0.120. The monoisotopic (exact) mass is 324 g/mol. The van der Waals surface area contributed by atoms with Crippen LogP contribution in [0.25, 0.3) is 0 Å². The lowest BCUT2D eigenvalue weighted by atomic mass is 10.1. The van der Waals surface area contributed by atoms with Gasteiger partial charge in [0.1, 0.15) is 18.1 Å². The first-order valence-electron chi connectivity index (χ1n) is 7.58. The fourth-order valence-corrected chi connectivity index (χ4v) is 1.95. The van der Waals surface area contributed by atoms with Crippen molar-refractivity contribution in [2.24, 2.45) is 0 Å². The van der Waals surface area contributed by atoms with E-state index >= 15 is 0 Å². The molecule has 5 nitrogen and oxygen atoms in total. The van der Waals surface area contributed by atoms with Gasteiger partial charge in [-0.25, -0.2) is 0 Å². The summed E-state index contributed by atoms with van der Waals surface area (Å²) in [5.41, 5.74) is 1.84. The summed E-state index contributed by atoms with van der Waals surface area (Å²) in [6.45, 7) is 2.46. The van der Waals surface area contributed by atoms with E-state index in [-0.39, 0.29) is 19.1 Å². The average Bonchev–Trinajstić information content (AvgIpc) is 2.59. The molecule has 0 spiro atoms.